The van der Waals surface area contributed by atoms with Gasteiger partial charge in [-0.3, -0.25) is 9.59 Å². The molecular weight excluding hydrogens is 386 g/mol. The van der Waals surface area contributed by atoms with E-state index in [9.17, 15) is 9.59 Å². The minimum absolute atomic E-state index is 0.0613. The molecule has 0 atom stereocenters. The molecule has 3 rings (SSSR count). The van der Waals surface area contributed by atoms with Gasteiger partial charge in [-0.15, -0.1) is 11.8 Å². The summed E-state index contributed by atoms with van der Waals surface area (Å²) in [6.45, 7) is 0.386. The number of ether oxygens (including phenoxy) is 1. The zero-order valence-electron chi connectivity index (χ0n) is 16.2. The number of nitrogens with one attached hydrogen (secondary N) is 1. The average molecular weight is 410 g/mol. The summed E-state index contributed by atoms with van der Waals surface area (Å²) in [7, 11) is 1.36. The SMILES string of the molecule is COC(=O)CSCCC(=O)NCc1cn(-c2ccccc2)nc1-c1ccccc1. The molecule has 0 fully saturated rings. The van der Waals surface area contributed by atoms with Gasteiger partial charge in [-0.05, 0) is 12.1 Å². The molecule has 29 heavy (non-hydrogen) atoms. The number of hydrogen-bond donors (Lipinski definition) is 1. The first kappa shape index (κ1) is 20.7. The van der Waals surface area contributed by atoms with Gasteiger partial charge in [-0.2, -0.15) is 5.10 Å². The smallest absolute Gasteiger partial charge is 0.315 e. The van der Waals surface area contributed by atoms with Crippen LogP contribution in [0, 0.1) is 0 Å². The van der Waals surface area contributed by atoms with E-state index in [-0.39, 0.29) is 17.6 Å². The number of carbonyl (C=O) groups is 2. The van der Waals surface area contributed by atoms with Crippen LogP contribution in [0.1, 0.15) is 12.0 Å². The largest absolute Gasteiger partial charge is 0.468 e. The zero-order chi connectivity index (χ0) is 20.5. The summed E-state index contributed by atoms with van der Waals surface area (Å²) >= 11 is 1.39. The molecule has 2 aromatic carbocycles. The van der Waals surface area contributed by atoms with E-state index < -0.39 is 0 Å². The third-order valence-corrected chi connectivity index (χ3v) is 5.19. The molecule has 0 spiro atoms. The zero-order valence-corrected chi connectivity index (χ0v) is 17.0. The van der Waals surface area contributed by atoms with E-state index in [2.05, 4.69) is 10.1 Å². The summed E-state index contributed by atoms with van der Waals surface area (Å²) in [5, 5.41) is 7.70. The molecule has 0 bridgehead atoms. The van der Waals surface area contributed by atoms with Crippen LogP contribution >= 0.6 is 11.8 Å². The summed E-state index contributed by atoms with van der Waals surface area (Å²) in [4.78, 5) is 23.3. The molecule has 0 saturated heterocycles. The number of methoxy groups -OCH3 is 1. The predicted molar refractivity (Wildman–Crippen MR) is 115 cm³/mol. The van der Waals surface area contributed by atoms with Gasteiger partial charge in [0.1, 0.15) is 0 Å². The van der Waals surface area contributed by atoms with Crippen molar-refractivity contribution in [2.45, 2.75) is 13.0 Å². The van der Waals surface area contributed by atoms with Crippen LogP contribution in [0.4, 0.5) is 0 Å². The molecule has 0 aliphatic carbocycles. The van der Waals surface area contributed by atoms with Gasteiger partial charge in [0.2, 0.25) is 5.91 Å². The maximum Gasteiger partial charge on any atom is 0.315 e. The number of amides is 1. The van der Waals surface area contributed by atoms with E-state index in [0.717, 1.165) is 22.5 Å². The van der Waals surface area contributed by atoms with Crippen LogP contribution in [0.25, 0.3) is 16.9 Å². The molecule has 1 heterocycles. The summed E-state index contributed by atoms with van der Waals surface area (Å²) in [6, 6.07) is 19.8. The Labute approximate surface area is 174 Å². The molecule has 1 amide bonds. The third-order valence-electron chi connectivity index (χ3n) is 4.26. The number of nitrogens with zero attached hydrogens (tertiary/aromatic N) is 2. The van der Waals surface area contributed by atoms with Gasteiger partial charge in [0.15, 0.2) is 0 Å². The standard InChI is InChI=1S/C22H23N3O3S/c1-28-21(27)16-29-13-12-20(26)23-14-18-15-25(19-10-6-3-7-11-19)24-22(18)17-8-4-2-5-9-17/h2-11,15H,12-14,16H2,1H3,(H,23,26). The van der Waals surface area contributed by atoms with Crippen molar-refractivity contribution in [2.24, 2.45) is 0 Å². The van der Waals surface area contributed by atoms with Crippen molar-refractivity contribution in [3.05, 3.63) is 72.4 Å². The van der Waals surface area contributed by atoms with Crippen LogP contribution in [-0.2, 0) is 20.9 Å². The predicted octanol–water partition coefficient (Wildman–Crippen LogP) is 3.45. The Morgan fingerprint density at radius 3 is 2.45 bits per heavy atom. The van der Waals surface area contributed by atoms with E-state index >= 15 is 0 Å². The highest BCUT2D eigenvalue weighted by Gasteiger charge is 2.13. The number of aromatic nitrogens is 2. The average Bonchev–Trinajstić information content (AvgIpc) is 3.20. The molecule has 7 heteroatoms. The van der Waals surface area contributed by atoms with Crippen LogP contribution < -0.4 is 5.32 Å². The van der Waals surface area contributed by atoms with Gasteiger partial charge < -0.3 is 10.1 Å². The highest BCUT2D eigenvalue weighted by Crippen LogP contribution is 2.23. The van der Waals surface area contributed by atoms with Crippen molar-refractivity contribution in [1.29, 1.82) is 0 Å². The maximum absolute atomic E-state index is 12.2. The first-order chi connectivity index (χ1) is 14.2. The van der Waals surface area contributed by atoms with E-state index in [4.69, 9.17) is 5.10 Å². The summed E-state index contributed by atoms with van der Waals surface area (Å²) in [5.74, 6) is 0.478. The molecule has 150 valence electrons. The molecule has 0 aliphatic heterocycles. The van der Waals surface area contributed by atoms with Crippen LogP contribution in [0.2, 0.25) is 0 Å². The Morgan fingerprint density at radius 1 is 1.07 bits per heavy atom. The van der Waals surface area contributed by atoms with Gasteiger partial charge in [-0.1, -0.05) is 48.5 Å². The number of benzene rings is 2. The minimum atomic E-state index is -0.281. The Balaban J connectivity index is 1.67. The van der Waals surface area contributed by atoms with E-state index in [0.29, 0.717) is 18.7 Å². The quantitative estimate of drug-likeness (QED) is 0.433. The number of para-hydroxylation sites is 1. The molecule has 0 saturated carbocycles. The number of hydrogen-bond acceptors (Lipinski definition) is 5. The molecule has 0 radical (unpaired) electrons. The Kier molecular flexibility index (Phi) is 7.47. The lowest BCUT2D eigenvalue weighted by Crippen LogP contribution is -2.23. The second-order valence-electron chi connectivity index (χ2n) is 6.30. The van der Waals surface area contributed by atoms with Crippen molar-refractivity contribution >= 4 is 23.6 Å². The number of carbonyl (C=O) groups excluding carboxylic acids is 2. The Hall–Kier alpha value is -3.06. The van der Waals surface area contributed by atoms with Crippen LogP contribution in [0.3, 0.4) is 0 Å². The highest BCUT2D eigenvalue weighted by molar-refractivity contribution is 7.99. The number of rotatable bonds is 9. The van der Waals surface area contributed by atoms with Crippen molar-refractivity contribution in [1.82, 2.24) is 15.1 Å². The summed E-state index contributed by atoms with van der Waals surface area (Å²) in [6.07, 6.45) is 2.29. The second kappa shape index (κ2) is 10.5. The molecular formula is C22H23N3O3S. The molecule has 0 aliphatic rings. The molecule has 3 aromatic rings. The summed E-state index contributed by atoms with van der Waals surface area (Å²) in [5.41, 5.74) is 3.74. The van der Waals surface area contributed by atoms with Gasteiger partial charge >= 0.3 is 5.97 Å². The van der Waals surface area contributed by atoms with E-state index in [1.54, 1.807) is 0 Å². The fourth-order valence-corrected chi connectivity index (χ4v) is 3.51. The maximum atomic E-state index is 12.2. The van der Waals surface area contributed by atoms with Crippen molar-refractivity contribution in [3.8, 4) is 16.9 Å². The first-order valence-corrected chi connectivity index (χ1v) is 10.4. The van der Waals surface area contributed by atoms with Crippen molar-refractivity contribution in [3.63, 3.8) is 0 Å². The number of esters is 1. The fraction of sp³-hybridized carbons (Fsp3) is 0.227. The third kappa shape index (κ3) is 5.96. The van der Waals surface area contributed by atoms with E-state index in [1.807, 2.05) is 71.5 Å². The second-order valence-corrected chi connectivity index (χ2v) is 7.41. The van der Waals surface area contributed by atoms with Gasteiger partial charge in [0, 0.05) is 36.0 Å². The van der Waals surface area contributed by atoms with Crippen LogP contribution in [0.5, 0.6) is 0 Å². The fourth-order valence-electron chi connectivity index (χ4n) is 2.75. The minimum Gasteiger partial charge on any atom is -0.468 e. The van der Waals surface area contributed by atoms with Gasteiger partial charge in [0.25, 0.3) is 0 Å². The van der Waals surface area contributed by atoms with Crippen LogP contribution in [0.15, 0.2) is 66.9 Å². The van der Waals surface area contributed by atoms with Gasteiger partial charge in [-0.25, -0.2) is 4.68 Å². The Bertz CT molecular complexity index is 942. The normalized spacial score (nSPS) is 10.5. The lowest BCUT2D eigenvalue weighted by Gasteiger charge is -2.06. The molecule has 1 N–H and O–H groups in total. The lowest BCUT2D eigenvalue weighted by atomic mass is 10.1. The van der Waals surface area contributed by atoms with Crippen LogP contribution in [-0.4, -0.2) is 40.3 Å². The van der Waals surface area contributed by atoms with Crippen molar-refractivity contribution in [2.75, 3.05) is 18.6 Å². The molecule has 6 nitrogen and oxygen atoms in total. The topological polar surface area (TPSA) is 73.2 Å². The first-order valence-electron chi connectivity index (χ1n) is 9.28. The highest BCUT2D eigenvalue weighted by atomic mass is 32.2. The Morgan fingerprint density at radius 2 is 1.76 bits per heavy atom. The van der Waals surface area contributed by atoms with E-state index in [1.165, 1.54) is 18.9 Å². The molecule has 1 aromatic heterocycles. The summed E-state index contributed by atoms with van der Waals surface area (Å²) < 4.78 is 6.42. The molecule has 0 unspecified atom stereocenters. The lowest BCUT2D eigenvalue weighted by molar-refractivity contribution is -0.137. The van der Waals surface area contributed by atoms with Gasteiger partial charge in [0.05, 0.1) is 24.2 Å². The number of thioether (sulfide) groups is 1. The van der Waals surface area contributed by atoms with Crippen molar-refractivity contribution < 1.29 is 14.3 Å². The monoisotopic (exact) mass is 409 g/mol.